The lowest BCUT2D eigenvalue weighted by atomic mass is 10.2. The molecular weight excluding hydrogens is 588 g/mol. The van der Waals surface area contributed by atoms with E-state index in [2.05, 4.69) is 31.8 Å². The molecular formula is C23H16BrCl3FN3O4. The summed E-state index contributed by atoms with van der Waals surface area (Å²) in [7, 11) is 1.46. The van der Waals surface area contributed by atoms with Crippen molar-refractivity contribution in [2.45, 2.75) is 6.61 Å². The van der Waals surface area contributed by atoms with E-state index in [0.29, 0.717) is 37.1 Å². The summed E-state index contributed by atoms with van der Waals surface area (Å²) in [5.41, 5.74) is 3.41. The van der Waals surface area contributed by atoms with Crippen molar-refractivity contribution in [3.8, 4) is 11.5 Å². The smallest absolute Gasteiger partial charge is 0.329 e. The van der Waals surface area contributed by atoms with Gasteiger partial charge >= 0.3 is 11.8 Å². The van der Waals surface area contributed by atoms with Crippen LogP contribution in [0, 0.1) is 5.82 Å². The summed E-state index contributed by atoms with van der Waals surface area (Å²) in [6.07, 6.45) is 1.31. The van der Waals surface area contributed by atoms with Gasteiger partial charge in [-0.2, -0.15) is 5.10 Å². The minimum atomic E-state index is -1.04. The van der Waals surface area contributed by atoms with Crippen LogP contribution in [0.15, 0.2) is 58.1 Å². The van der Waals surface area contributed by atoms with Gasteiger partial charge in [0, 0.05) is 21.3 Å². The highest BCUT2D eigenvalue weighted by Gasteiger charge is 2.15. The van der Waals surface area contributed by atoms with Gasteiger partial charge in [-0.3, -0.25) is 9.59 Å². The number of nitrogens with zero attached hydrogens (tertiary/aromatic N) is 1. The second kappa shape index (κ2) is 12.2. The van der Waals surface area contributed by atoms with Crippen LogP contribution in [0.5, 0.6) is 11.5 Å². The van der Waals surface area contributed by atoms with Crippen molar-refractivity contribution in [1.82, 2.24) is 5.43 Å². The second-order valence-corrected chi connectivity index (χ2v) is 8.88. The van der Waals surface area contributed by atoms with E-state index in [-0.39, 0.29) is 17.3 Å². The predicted octanol–water partition coefficient (Wildman–Crippen LogP) is 6.22. The van der Waals surface area contributed by atoms with E-state index in [1.807, 2.05) is 0 Å². The molecule has 0 saturated heterocycles. The normalized spacial score (nSPS) is 10.8. The van der Waals surface area contributed by atoms with Crippen molar-refractivity contribution in [3.63, 3.8) is 0 Å². The molecule has 182 valence electrons. The molecule has 2 N–H and O–H groups in total. The Morgan fingerprint density at radius 1 is 1.06 bits per heavy atom. The number of halogens is 5. The Labute approximate surface area is 223 Å². The molecule has 3 aromatic carbocycles. The molecule has 0 radical (unpaired) electrons. The van der Waals surface area contributed by atoms with Gasteiger partial charge in [0.25, 0.3) is 0 Å². The van der Waals surface area contributed by atoms with Gasteiger partial charge in [-0.25, -0.2) is 9.82 Å². The zero-order valence-electron chi connectivity index (χ0n) is 17.9. The van der Waals surface area contributed by atoms with E-state index in [1.54, 1.807) is 30.3 Å². The number of hydrogen-bond acceptors (Lipinski definition) is 5. The highest BCUT2D eigenvalue weighted by Crippen LogP contribution is 2.37. The average Bonchev–Trinajstić information content (AvgIpc) is 2.81. The van der Waals surface area contributed by atoms with Gasteiger partial charge < -0.3 is 14.8 Å². The van der Waals surface area contributed by atoms with E-state index in [1.165, 1.54) is 25.5 Å². The number of ether oxygens (including phenoxy) is 2. The van der Waals surface area contributed by atoms with Crippen molar-refractivity contribution in [1.29, 1.82) is 0 Å². The van der Waals surface area contributed by atoms with Crippen molar-refractivity contribution in [3.05, 3.63) is 85.0 Å². The molecule has 0 atom stereocenters. The number of rotatable bonds is 7. The summed E-state index contributed by atoms with van der Waals surface area (Å²) in [4.78, 5) is 24.0. The first-order valence-corrected chi connectivity index (χ1v) is 11.6. The summed E-state index contributed by atoms with van der Waals surface area (Å²) >= 11 is 21.5. The van der Waals surface area contributed by atoms with E-state index < -0.39 is 17.6 Å². The standard InChI is InChI=1S/C23H16BrCl3FN3O4/c1-34-20-8-12(7-15(24)21(20)35-11-14-16(25)3-2-4-17(14)26)10-29-31-23(33)22(32)30-13-5-6-19(28)18(27)9-13/h2-10H,11H2,1H3,(H,30,32)(H,31,33). The molecule has 0 saturated carbocycles. The zero-order chi connectivity index (χ0) is 25.5. The topological polar surface area (TPSA) is 89.0 Å². The highest BCUT2D eigenvalue weighted by atomic mass is 79.9. The first kappa shape index (κ1) is 26.7. The molecule has 35 heavy (non-hydrogen) atoms. The molecule has 0 aliphatic heterocycles. The number of methoxy groups -OCH3 is 1. The Hall–Kier alpha value is -2.85. The minimum Gasteiger partial charge on any atom is -0.493 e. The SMILES string of the molecule is COc1cc(C=NNC(=O)C(=O)Nc2ccc(F)c(Cl)c2)cc(Br)c1OCc1c(Cl)cccc1Cl. The Kier molecular flexibility index (Phi) is 9.33. The molecule has 0 heterocycles. The largest absolute Gasteiger partial charge is 0.493 e. The molecule has 0 spiro atoms. The maximum atomic E-state index is 13.2. The number of hydrogen-bond donors (Lipinski definition) is 2. The molecule has 2 amide bonds. The van der Waals surface area contributed by atoms with E-state index in [4.69, 9.17) is 44.3 Å². The summed E-state index contributed by atoms with van der Waals surface area (Å²) in [5, 5.41) is 6.82. The fraction of sp³-hybridized carbons (Fsp3) is 0.0870. The van der Waals surface area contributed by atoms with Crippen molar-refractivity contribution in [2.75, 3.05) is 12.4 Å². The Balaban J connectivity index is 1.65. The van der Waals surface area contributed by atoms with Gasteiger partial charge in [0.05, 0.1) is 22.8 Å². The monoisotopic (exact) mass is 601 g/mol. The molecule has 12 heteroatoms. The molecule has 0 fully saturated rings. The number of hydrazone groups is 1. The molecule has 3 rings (SSSR count). The molecule has 0 aliphatic rings. The van der Waals surface area contributed by atoms with Crippen LogP contribution in [0.1, 0.15) is 11.1 Å². The van der Waals surface area contributed by atoms with E-state index in [9.17, 15) is 14.0 Å². The number of benzene rings is 3. The van der Waals surface area contributed by atoms with Gasteiger partial charge in [-0.15, -0.1) is 0 Å². The maximum Gasteiger partial charge on any atom is 0.329 e. The molecule has 3 aromatic rings. The third-order valence-electron chi connectivity index (χ3n) is 4.44. The van der Waals surface area contributed by atoms with E-state index >= 15 is 0 Å². The number of carbonyl (C=O) groups is 2. The van der Waals surface area contributed by atoms with Crippen LogP contribution >= 0.6 is 50.7 Å². The third kappa shape index (κ3) is 7.08. The number of carbonyl (C=O) groups excluding carboxylic acids is 2. The first-order valence-electron chi connectivity index (χ1n) is 9.72. The van der Waals surface area contributed by atoms with Gasteiger partial charge in [0.15, 0.2) is 11.5 Å². The highest BCUT2D eigenvalue weighted by molar-refractivity contribution is 9.10. The summed E-state index contributed by atoms with van der Waals surface area (Å²) in [6.45, 7) is 0.103. The van der Waals surface area contributed by atoms with Crippen molar-refractivity contribution in [2.24, 2.45) is 5.10 Å². The number of nitrogens with one attached hydrogen (secondary N) is 2. The van der Waals surface area contributed by atoms with Crippen LogP contribution in [0.4, 0.5) is 10.1 Å². The van der Waals surface area contributed by atoms with Crippen LogP contribution < -0.4 is 20.2 Å². The van der Waals surface area contributed by atoms with Crippen LogP contribution in [0.3, 0.4) is 0 Å². The molecule has 0 bridgehead atoms. The lowest BCUT2D eigenvalue weighted by Crippen LogP contribution is -2.32. The summed E-state index contributed by atoms with van der Waals surface area (Å²) in [6, 6.07) is 12.0. The van der Waals surface area contributed by atoms with Gasteiger partial charge in [-0.05, 0) is 64.0 Å². The van der Waals surface area contributed by atoms with Crippen molar-refractivity contribution >= 4 is 74.4 Å². The Morgan fingerprint density at radius 3 is 2.43 bits per heavy atom. The molecule has 0 aliphatic carbocycles. The molecule has 0 unspecified atom stereocenters. The van der Waals surface area contributed by atoms with Crippen LogP contribution in [0.2, 0.25) is 15.1 Å². The Morgan fingerprint density at radius 2 is 1.77 bits per heavy atom. The van der Waals surface area contributed by atoms with Crippen LogP contribution in [0.25, 0.3) is 0 Å². The lowest BCUT2D eigenvalue weighted by molar-refractivity contribution is -0.136. The quantitative estimate of drug-likeness (QED) is 0.191. The number of anilines is 1. The number of amides is 2. The second-order valence-electron chi connectivity index (χ2n) is 6.81. The molecule has 7 nitrogen and oxygen atoms in total. The van der Waals surface area contributed by atoms with E-state index in [0.717, 1.165) is 6.07 Å². The summed E-state index contributed by atoms with van der Waals surface area (Å²) < 4.78 is 25.0. The van der Waals surface area contributed by atoms with Gasteiger partial charge in [0.1, 0.15) is 12.4 Å². The zero-order valence-corrected chi connectivity index (χ0v) is 21.7. The maximum absolute atomic E-state index is 13.2. The predicted molar refractivity (Wildman–Crippen MR) is 137 cm³/mol. The Bertz CT molecular complexity index is 1290. The average molecular weight is 604 g/mol. The fourth-order valence-electron chi connectivity index (χ4n) is 2.75. The van der Waals surface area contributed by atoms with Gasteiger partial charge in [0.2, 0.25) is 0 Å². The minimum absolute atomic E-state index is 0.103. The van der Waals surface area contributed by atoms with Crippen LogP contribution in [-0.2, 0) is 16.2 Å². The third-order valence-corrected chi connectivity index (χ3v) is 6.02. The molecule has 0 aromatic heterocycles. The lowest BCUT2D eigenvalue weighted by Gasteiger charge is -2.14. The first-order chi connectivity index (χ1) is 16.7. The summed E-state index contributed by atoms with van der Waals surface area (Å²) in [5.74, 6) is -1.91. The fourth-order valence-corrected chi connectivity index (χ4v) is 4.01. The van der Waals surface area contributed by atoms with Crippen molar-refractivity contribution < 1.29 is 23.5 Å². The van der Waals surface area contributed by atoms with Crippen LogP contribution in [-0.4, -0.2) is 25.1 Å². The van der Waals surface area contributed by atoms with Gasteiger partial charge in [-0.1, -0.05) is 40.9 Å².